The van der Waals surface area contributed by atoms with Crippen LogP contribution in [0.1, 0.15) is 17.3 Å². The Morgan fingerprint density at radius 3 is 2.33 bits per heavy atom. The van der Waals surface area contributed by atoms with Crippen molar-refractivity contribution in [2.75, 3.05) is 38.6 Å². The Morgan fingerprint density at radius 1 is 0.970 bits per heavy atom. The third kappa shape index (κ3) is 4.92. The number of piperazine rings is 1. The van der Waals surface area contributed by atoms with Gasteiger partial charge in [0.2, 0.25) is 5.91 Å². The molecule has 0 radical (unpaired) electrons. The van der Waals surface area contributed by atoms with Gasteiger partial charge in [-0.15, -0.1) is 0 Å². The second-order valence-corrected chi connectivity index (χ2v) is 7.92. The van der Waals surface area contributed by atoms with Gasteiger partial charge in [0, 0.05) is 49.0 Å². The number of nitrogens with one attached hydrogen (secondary N) is 3. The smallest absolute Gasteiger partial charge is 0.318 e. The molecule has 4 rings (SSSR count). The van der Waals surface area contributed by atoms with Crippen LogP contribution in [0.15, 0.2) is 54.7 Å². The molecule has 1 saturated heterocycles. The van der Waals surface area contributed by atoms with Gasteiger partial charge in [0.05, 0.1) is 12.7 Å². The van der Waals surface area contributed by atoms with E-state index in [-0.39, 0.29) is 17.8 Å². The minimum atomic E-state index is -0.717. The number of rotatable bonds is 5. The van der Waals surface area contributed by atoms with Crippen molar-refractivity contribution in [1.82, 2.24) is 20.1 Å². The number of ether oxygens (including phenoxy) is 1. The third-order valence-corrected chi connectivity index (χ3v) is 5.76. The molecule has 2 heterocycles. The van der Waals surface area contributed by atoms with E-state index in [1.165, 1.54) is 0 Å². The number of hydrogen-bond acceptors (Lipinski definition) is 4. The fraction of sp³-hybridized carbons (Fsp3) is 0.292. The zero-order valence-electron chi connectivity index (χ0n) is 18.6. The molecule has 9 nitrogen and oxygen atoms in total. The average molecular weight is 450 g/mol. The van der Waals surface area contributed by atoms with Gasteiger partial charge in [-0.05, 0) is 37.3 Å². The summed E-state index contributed by atoms with van der Waals surface area (Å²) in [4.78, 5) is 44.5. The zero-order chi connectivity index (χ0) is 23.4. The Morgan fingerprint density at radius 2 is 1.64 bits per heavy atom. The van der Waals surface area contributed by atoms with E-state index in [0.29, 0.717) is 43.2 Å². The molecule has 0 aliphatic carbocycles. The van der Waals surface area contributed by atoms with Crippen LogP contribution in [0.4, 0.5) is 10.5 Å². The summed E-state index contributed by atoms with van der Waals surface area (Å²) in [5, 5.41) is 6.39. The first-order valence-electron chi connectivity index (χ1n) is 10.8. The Hall–Kier alpha value is -4.01. The topological polar surface area (TPSA) is 107 Å². The molecular weight excluding hydrogens is 422 g/mol. The number of para-hydroxylation sites is 1. The van der Waals surface area contributed by atoms with Crippen molar-refractivity contribution >= 4 is 34.4 Å². The molecule has 4 amide bonds. The van der Waals surface area contributed by atoms with Crippen LogP contribution in [0.2, 0.25) is 0 Å². The number of aromatic nitrogens is 1. The number of hydrogen-bond donors (Lipinski definition) is 3. The standard InChI is InChI=1S/C24H27N5O4/c1-16(22(30)27-17-7-9-18(33-2)10-8-17)26-24(32)29-13-11-28(12-14-29)23(31)20-15-25-21-6-4-3-5-19(20)21/h3-10,15-16,25H,11-14H2,1-2H3,(H,26,32)(H,27,30). The molecule has 9 heteroatoms. The molecule has 0 saturated carbocycles. The van der Waals surface area contributed by atoms with Gasteiger partial charge in [0.1, 0.15) is 11.8 Å². The van der Waals surface area contributed by atoms with Gasteiger partial charge in [-0.25, -0.2) is 4.79 Å². The van der Waals surface area contributed by atoms with Gasteiger partial charge in [-0.2, -0.15) is 0 Å². The zero-order valence-corrected chi connectivity index (χ0v) is 18.6. The predicted octanol–water partition coefficient (Wildman–Crippen LogP) is 2.67. The molecule has 1 aromatic heterocycles. The Kier molecular flexibility index (Phi) is 6.48. The van der Waals surface area contributed by atoms with Crippen molar-refractivity contribution in [2.45, 2.75) is 13.0 Å². The van der Waals surface area contributed by atoms with Crippen LogP contribution in [0, 0.1) is 0 Å². The summed E-state index contributed by atoms with van der Waals surface area (Å²) in [5.41, 5.74) is 2.17. The third-order valence-electron chi connectivity index (χ3n) is 5.76. The van der Waals surface area contributed by atoms with E-state index in [4.69, 9.17) is 4.74 Å². The number of anilines is 1. The van der Waals surface area contributed by atoms with Crippen LogP contribution in [-0.4, -0.2) is 72.0 Å². The van der Waals surface area contributed by atoms with Crippen molar-refractivity contribution in [1.29, 1.82) is 0 Å². The molecule has 1 atom stereocenters. The number of carbonyl (C=O) groups excluding carboxylic acids is 3. The molecule has 1 aliphatic heterocycles. The number of benzene rings is 2. The summed E-state index contributed by atoms with van der Waals surface area (Å²) in [6.45, 7) is 3.28. The molecule has 0 spiro atoms. The second kappa shape index (κ2) is 9.64. The van der Waals surface area contributed by atoms with Crippen LogP contribution in [0.25, 0.3) is 10.9 Å². The van der Waals surface area contributed by atoms with Gasteiger partial charge in [-0.3, -0.25) is 9.59 Å². The number of nitrogens with zero attached hydrogens (tertiary/aromatic N) is 2. The molecular formula is C24H27N5O4. The molecule has 1 unspecified atom stereocenters. The van der Waals surface area contributed by atoms with Crippen LogP contribution in [0.5, 0.6) is 5.75 Å². The Labute approximate surface area is 191 Å². The van der Waals surface area contributed by atoms with E-state index in [1.807, 2.05) is 24.3 Å². The van der Waals surface area contributed by atoms with Crippen LogP contribution >= 0.6 is 0 Å². The summed E-state index contributed by atoms with van der Waals surface area (Å²) >= 11 is 0. The Bertz CT molecular complexity index is 1150. The van der Waals surface area contributed by atoms with Crippen LogP contribution in [0.3, 0.4) is 0 Å². The molecule has 0 bridgehead atoms. The molecule has 1 aliphatic rings. The van der Waals surface area contributed by atoms with Crippen molar-refractivity contribution in [3.63, 3.8) is 0 Å². The lowest BCUT2D eigenvalue weighted by Gasteiger charge is -2.35. The van der Waals surface area contributed by atoms with Crippen molar-refractivity contribution in [3.05, 3.63) is 60.3 Å². The summed E-state index contributed by atoms with van der Waals surface area (Å²) in [7, 11) is 1.57. The predicted molar refractivity (Wildman–Crippen MR) is 125 cm³/mol. The molecule has 3 aromatic rings. The summed E-state index contributed by atoms with van der Waals surface area (Å²) < 4.78 is 5.10. The molecule has 1 fully saturated rings. The van der Waals surface area contributed by atoms with Gasteiger partial charge < -0.3 is 30.2 Å². The van der Waals surface area contributed by atoms with Gasteiger partial charge in [0.25, 0.3) is 5.91 Å². The molecule has 3 N–H and O–H groups in total. The lowest BCUT2D eigenvalue weighted by atomic mass is 10.1. The number of aromatic amines is 1. The number of urea groups is 1. The quantitative estimate of drug-likeness (QED) is 0.557. The average Bonchev–Trinajstić information content (AvgIpc) is 3.28. The summed E-state index contributed by atoms with van der Waals surface area (Å²) in [5.74, 6) is 0.318. The van der Waals surface area contributed by atoms with E-state index < -0.39 is 6.04 Å². The lowest BCUT2D eigenvalue weighted by molar-refractivity contribution is -0.117. The van der Waals surface area contributed by atoms with E-state index in [2.05, 4.69) is 15.6 Å². The maximum Gasteiger partial charge on any atom is 0.318 e. The fourth-order valence-electron chi connectivity index (χ4n) is 3.80. The van der Waals surface area contributed by atoms with Crippen molar-refractivity contribution < 1.29 is 19.1 Å². The maximum absolute atomic E-state index is 13.0. The lowest BCUT2D eigenvalue weighted by Crippen LogP contribution is -2.55. The minimum Gasteiger partial charge on any atom is -0.497 e. The highest BCUT2D eigenvalue weighted by Gasteiger charge is 2.27. The van der Waals surface area contributed by atoms with Crippen LogP contribution < -0.4 is 15.4 Å². The number of carbonyl (C=O) groups is 3. The minimum absolute atomic E-state index is 0.0558. The van der Waals surface area contributed by atoms with Crippen molar-refractivity contribution in [2.24, 2.45) is 0 Å². The first-order chi connectivity index (χ1) is 16.0. The van der Waals surface area contributed by atoms with Gasteiger partial charge >= 0.3 is 6.03 Å². The first-order valence-corrected chi connectivity index (χ1v) is 10.8. The normalized spacial score (nSPS) is 14.6. The SMILES string of the molecule is COc1ccc(NC(=O)C(C)NC(=O)N2CCN(C(=O)c3c[nH]c4ccccc34)CC2)cc1. The molecule has 33 heavy (non-hydrogen) atoms. The molecule has 2 aromatic carbocycles. The van der Waals surface area contributed by atoms with E-state index in [0.717, 1.165) is 10.9 Å². The highest BCUT2D eigenvalue weighted by atomic mass is 16.5. The van der Waals surface area contributed by atoms with E-state index in [9.17, 15) is 14.4 Å². The van der Waals surface area contributed by atoms with E-state index >= 15 is 0 Å². The van der Waals surface area contributed by atoms with Crippen LogP contribution in [-0.2, 0) is 4.79 Å². The van der Waals surface area contributed by atoms with E-state index in [1.54, 1.807) is 54.3 Å². The van der Waals surface area contributed by atoms with Gasteiger partial charge in [0.15, 0.2) is 0 Å². The number of fused-ring (bicyclic) bond motifs is 1. The fourth-order valence-corrected chi connectivity index (χ4v) is 3.80. The number of H-pyrrole nitrogens is 1. The summed E-state index contributed by atoms with van der Waals surface area (Å²) in [6.07, 6.45) is 1.73. The largest absolute Gasteiger partial charge is 0.497 e. The highest BCUT2D eigenvalue weighted by Crippen LogP contribution is 2.20. The second-order valence-electron chi connectivity index (χ2n) is 7.92. The summed E-state index contributed by atoms with van der Waals surface area (Å²) in [6, 6.07) is 13.6. The number of methoxy groups -OCH3 is 1. The maximum atomic E-state index is 13.0. The Balaban J connectivity index is 1.28. The number of amides is 4. The van der Waals surface area contributed by atoms with Crippen molar-refractivity contribution in [3.8, 4) is 5.75 Å². The first kappa shape index (κ1) is 22.2. The highest BCUT2D eigenvalue weighted by molar-refractivity contribution is 6.06. The molecule has 172 valence electrons. The van der Waals surface area contributed by atoms with Gasteiger partial charge in [-0.1, -0.05) is 18.2 Å². The monoisotopic (exact) mass is 449 g/mol.